The summed E-state index contributed by atoms with van der Waals surface area (Å²) in [6, 6.07) is 6.74. The summed E-state index contributed by atoms with van der Waals surface area (Å²) in [5, 5.41) is 11.6. The predicted octanol–water partition coefficient (Wildman–Crippen LogP) is 2.12. The molecule has 0 saturated heterocycles. The minimum absolute atomic E-state index is 0.136. The van der Waals surface area contributed by atoms with Crippen LogP contribution < -0.4 is 11.2 Å². The number of fused-ring (bicyclic) bond motifs is 1. The molecule has 3 N–H and O–H groups in total. The molecule has 2 aromatic heterocycles. The molecular weight excluding hydrogens is 400 g/mol. The van der Waals surface area contributed by atoms with Gasteiger partial charge in [0, 0.05) is 30.1 Å². The molecule has 0 amide bonds. The van der Waals surface area contributed by atoms with Crippen LogP contribution in [0.25, 0.3) is 10.9 Å². The first kappa shape index (κ1) is 22.1. The van der Waals surface area contributed by atoms with E-state index in [2.05, 4.69) is 15.0 Å². The van der Waals surface area contributed by atoms with E-state index in [1.807, 2.05) is 31.2 Å². The number of nitrogens with zero attached hydrogens (tertiary/aromatic N) is 2. The van der Waals surface area contributed by atoms with Crippen LogP contribution >= 0.6 is 0 Å². The molecule has 3 rings (SSSR count). The Bertz CT molecular complexity index is 1230. The molecule has 0 saturated carbocycles. The standard InChI is InChI=1S/C22H26N4O5/c1-4-5-10-26-20(28)18(19(27)25-22(26)30)13(2)24-17(21(29)31-3)11-14-12-23-16-9-7-6-8-15(14)16/h6-9,12,17,23,28H,4-5,10-11H2,1-3H3,(H,25,27,30)/t17-/m1/s1. The number of rotatable bonds is 8. The number of hydrogen-bond acceptors (Lipinski definition) is 6. The second-order valence-electron chi connectivity index (χ2n) is 7.28. The number of unbranched alkanes of at least 4 members (excludes halogenated alkanes) is 1. The number of carbonyl (C=O) groups is 1. The van der Waals surface area contributed by atoms with Crippen molar-refractivity contribution in [3.8, 4) is 5.88 Å². The zero-order valence-electron chi connectivity index (χ0n) is 17.8. The Labute approximate surface area is 178 Å². The maximum absolute atomic E-state index is 12.4. The van der Waals surface area contributed by atoms with Crippen LogP contribution in [0.4, 0.5) is 0 Å². The molecular formula is C22H26N4O5. The molecule has 1 aromatic carbocycles. The average molecular weight is 426 g/mol. The van der Waals surface area contributed by atoms with Crippen molar-refractivity contribution in [2.75, 3.05) is 7.11 Å². The van der Waals surface area contributed by atoms with E-state index in [1.54, 1.807) is 6.20 Å². The topological polar surface area (TPSA) is 130 Å². The third kappa shape index (κ3) is 4.60. The molecule has 2 heterocycles. The smallest absolute Gasteiger partial charge is 0.331 e. The summed E-state index contributed by atoms with van der Waals surface area (Å²) >= 11 is 0. The molecule has 0 bridgehead atoms. The third-order valence-corrected chi connectivity index (χ3v) is 5.18. The minimum atomic E-state index is -0.931. The molecule has 0 fully saturated rings. The molecule has 0 spiro atoms. The van der Waals surface area contributed by atoms with Crippen LogP contribution in [0, 0.1) is 0 Å². The molecule has 31 heavy (non-hydrogen) atoms. The largest absolute Gasteiger partial charge is 0.494 e. The number of H-pyrrole nitrogens is 2. The fourth-order valence-corrected chi connectivity index (χ4v) is 3.53. The van der Waals surface area contributed by atoms with Gasteiger partial charge in [-0.05, 0) is 25.0 Å². The van der Waals surface area contributed by atoms with E-state index in [4.69, 9.17) is 4.74 Å². The number of aromatic nitrogens is 3. The zero-order chi connectivity index (χ0) is 22.5. The molecule has 9 nitrogen and oxygen atoms in total. The number of benzene rings is 1. The summed E-state index contributed by atoms with van der Waals surface area (Å²) in [7, 11) is 1.27. The van der Waals surface area contributed by atoms with Crippen LogP contribution in [0.1, 0.15) is 37.8 Å². The lowest BCUT2D eigenvalue weighted by Crippen LogP contribution is -2.34. The number of carbonyl (C=O) groups excluding carboxylic acids is 1. The summed E-state index contributed by atoms with van der Waals surface area (Å²) in [6.45, 7) is 3.73. The molecule has 1 atom stereocenters. The van der Waals surface area contributed by atoms with Crippen LogP contribution in [0.5, 0.6) is 5.88 Å². The van der Waals surface area contributed by atoms with Crippen molar-refractivity contribution in [2.45, 2.75) is 45.7 Å². The van der Waals surface area contributed by atoms with Crippen molar-refractivity contribution in [1.82, 2.24) is 14.5 Å². The Morgan fingerprint density at radius 3 is 2.74 bits per heavy atom. The molecule has 0 unspecified atom stereocenters. The van der Waals surface area contributed by atoms with Gasteiger partial charge in [-0.2, -0.15) is 0 Å². The number of para-hydroxylation sites is 1. The van der Waals surface area contributed by atoms with E-state index in [-0.39, 0.29) is 24.2 Å². The fraction of sp³-hybridized carbons (Fsp3) is 0.364. The van der Waals surface area contributed by atoms with Crippen LogP contribution in [-0.2, 0) is 22.5 Å². The van der Waals surface area contributed by atoms with Crippen LogP contribution in [0.3, 0.4) is 0 Å². The number of aromatic amines is 2. The van der Waals surface area contributed by atoms with E-state index in [1.165, 1.54) is 14.0 Å². The molecule has 0 aliphatic carbocycles. The number of aromatic hydroxyl groups is 1. The number of methoxy groups -OCH3 is 1. The van der Waals surface area contributed by atoms with Crippen molar-refractivity contribution in [1.29, 1.82) is 0 Å². The highest BCUT2D eigenvalue weighted by atomic mass is 16.5. The van der Waals surface area contributed by atoms with Crippen molar-refractivity contribution >= 4 is 22.6 Å². The summed E-state index contributed by atoms with van der Waals surface area (Å²) in [5.41, 5.74) is 0.360. The lowest BCUT2D eigenvalue weighted by molar-refractivity contribution is -0.142. The first-order valence-electron chi connectivity index (χ1n) is 10.1. The van der Waals surface area contributed by atoms with Gasteiger partial charge in [0.15, 0.2) is 6.04 Å². The Morgan fingerprint density at radius 2 is 2.03 bits per heavy atom. The molecule has 0 aliphatic rings. The lowest BCUT2D eigenvalue weighted by atomic mass is 10.0. The number of nitrogens with one attached hydrogen (secondary N) is 2. The fourth-order valence-electron chi connectivity index (χ4n) is 3.53. The summed E-state index contributed by atoms with van der Waals surface area (Å²) in [5.74, 6) is -1.03. The van der Waals surface area contributed by atoms with Gasteiger partial charge in [-0.15, -0.1) is 0 Å². The number of aliphatic imine (C=N–C) groups is 1. The van der Waals surface area contributed by atoms with Crippen molar-refractivity contribution < 1.29 is 14.6 Å². The van der Waals surface area contributed by atoms with Gasteiger partial charge in [-0.1, -0.05) is 31.5 Å². The van der Waals surface area contributed by atoms with Crippen molar-refractivity contribution in [2.24, 2.45) is 4.99 Å². The van der Waals surface area contributed by atoms with E-state index in [0.717, 1.165) is 27.5 Å². The number of hydrogen-bond donors (Lipinski definition) is 3. The average Bonchev–Trinajstić information content (AvgIpc) is 3.15. The highest BCUT2D eigenvalue weighted by Gasteiger charge is 2.23. The van der Waals surface area contributed by atoms with Gasteiger partial charge in [0.1, 0.15) is 5.56 Å². The predicted molar refractivity (Wildman–Crippen MR) is 118 cm³/mol. The maximum Gasteiger partial charge on any atom is 0.331 e. The van der Waals surface area contributed by atoms with E-state index in [9.17, 15) is 19.5 Å². The Kier molecular flexibility index (Phi) is 6.74. The monoisotopic (exact) mass is 426 g/mol. The third-order valence-electron chi connectivity index (χ3n) is 5.18. The molecule has 3 aromatic rings. The maximum atomic E-state index is 12.4. The zero-order valence-corrected chi connectivity index (χ0v) is 17.8. The SMILES string of the molecule is CCCCn1c(O)c(C(C)=N[C@H](Cc2c[nH]c3ccccc23)C(=O)OC)c(=O)[nH]c1=O. The molecule has 164 valence electrons. The van der Waals surface area contributed by atoms with Gasteiger partial charge < -0.3 is 14.8 Å². The minimum Gasteiger partial charge on any atom is -0.494 e. The molecule has 9 heteroatoms. The summed E-state index contributed by atoms with van der Waals surface area (Å²) in [4.78, 5) is 46.7. The highest BCUT2D eigenvalue weighted by Crippen LogP contribution is 2.21. The normalized spacial score (nSPS) is 12.8. The quantitative estimate of drug-likeness (QED) is 0.375. The highest BCUT2D eigenvalue weighted by molar-refractivity contribution is 6.01. The number of esters is 1. The van der Waals surface area contributed by atoms with Gasteiger partial charge in [0.05, 0.1) is 12.8 Å². The van der Waals surface area contributed by atoms with E-state index in [0.29, 0.717) is 6.42 Å². The van der Waals surface area contributed by atoms with Crippen LogP contribution in [0.2, 0.25) is 0 Å². The van der Waals surface area contributed by atoms with Gasteiger partial charge in [0.25, 0.3) is 5.56 Å². The van der Waals surface area contributed by atoms with Gasteiger partial charge in [-0.25, -0.2) is 9.59 Å². The van der Waals surface area contributed by atoms with Crippen molar-refractivity contribution in [3.05, 3.63) is 62.4 Å². The van der Waals surface area contributed by atoms with E-state index >= 15 is 0 Å². The molecule has 0 radical (unpaired) electrons. The van der Waals surface area contributed by atoms with Gasteiger partial charge >= 0.3 is 11.7 Å². The molecule has 0 aliphatic heterocycles. The van der Waals surface area contributed by atoms with Gasteiger partial charge in [-0.3, -0.25) is 19.3 Å². The number of ether oxygens (including phenoxy) is 1. The second-order valence-corrected chi connectivity index (χ2v) is 7.28. The first-order valence-corrected chi connectivity index (χ1v) is 10.1. The van der Waals surface area contributed by atoms with Gasteiger partial charge in [0.2, 0.25) is 5.88 Å². The second kappa shape index (κ2) is 9.46. The Hall–Kier alpha value is -3.62. The van der Waals surface area contributed by atoms with Crippen LogP contribution in [0.15, 0.2) is 45.0 Å². The van der Waals surface area contributed by atoms with Crippen molar-refractivity contribution in [3.63, 3.8) is 0 Å². The Balaban J connectivity index is 2.02. The summed E-state index contributed by atoms with van der Waals surface area (Å²) < 4.78 is 6.01. The first-order chi connectivity index (χ1) is 14.9. The Morgan fingerprint density at radius 1 is 1.29 bits per heavy atom. The summed E-state index contributed by atoms with van der Waals surface area (Å²) in [6.07, 6.45) is 3.51. The van der Waals surface area contributed by atoms with Crippen LogP contribution in [-0.4, -0.2) is 44.5 Å². The lowest BCUT2D eigenvalue weighted by Gasteiger charge is -2.14. The van der Waals surface area contributed by atoms with E-state index < -0.39 is 29.1 Å².